The van der Waals surface area contributed by atoms with Crippen LogP contribution in [0.15, 0.2) is 0 Å². The van der Waals surface area contributed by atoms with Gasteiger partial charge in [-0.2, -0.15) is 0 Å². The van der Waals surface area contributed by atoms with Crippen molar-refractivity contribution in [1.82, 2.24) is 5.32 Å². The molecule has 0 unspecified atom stereocenters. The van der Waals surface area contributed by atoms with Crippen molar-refractivity contribution >= 4 is 5.97 Å². The van der Waals surface area contributed by atoms with E-state index in [1.165, 1.54) is 7.11 Å². The van der Waals surface area contributed by atoms with Gasteiger partial charge >= 0.3 is 5.97 Å². The number of carbonyl (C=O) groups excluding carboxylic acids is 1. The average Bonchev–Trinajstić information content (AvgIpc) is 2.50. The van der Waals surface area contributed by atoms with E-state index in [2.05, 4.69) is 10.1 Å². The minimum absolute atomic E-state index is 0.0677. The van der Waals surface area contributed by atoms with E-state index in [9.17, 15) is 4.79 Å². The van der Waals surface area contributed by atoms with Gasteiger partial charge in [-0.1, -0.05) is 6.42 Å². The van der Waals surface area contributed by atoms with Crippen LogP contribution in [0, 0.1) is 5.92 Å². The molecular weight excluding hydrogens is 142 g/mol. The van der Waals surface area contributed by atoms with Crippen molar-refractivity contribution in [3.8, 4) is 0 Å². The molecule has 1 rings (SSSR count). The molecule has 0 heterocycles. The Labute approximate surface area is 67.1 Å². The molecule has 0 aromatic rings. The summed E-state index contributed by atoms with van der Waals surface area (Å²) >= 11 is 0. The van der Waals surface area contributed by atoms with E-state index in [1.54, 1.807) is 0 Å². The number of esters is 1. The van der Waals surface area contributed by atoms with Crippen LogP contribution in [0.4, 0.5) is 0 Å². The molecule has 2 atom stereocenters. The van der Waals surface area contributed by atoms with Crippen LogP contribution >= 0.6 is 0 Å². The van der Waals surface area contributed by atoms with Crippen LogP contribution in [0.2, 0.25) is 0 Å². The molecule has 0 saturated heterocycles. The Bertz CT molecular complexity index is 147. The second-order valence-corrected chi connectivity index (χ2v) is 2.96. The van der Waals surface area contributed by atoms with Crippen LogP contribution in [0.25, 0.3) is 0 Å². The largest absolute Gasteiger partial charge is 0.469 e. The van der Waals surface area contributed by atoms with E-state index < -0.39 is 0 Å². The van der Waals surface area contributed by atoms with Gasteiger partial charge in [0.15, 0.2) is 0 Å². The second kappa shape index (κ2) is 3.72. The molecule has 64 valence electrons. The van der Waals surface area contributed by atoms with E-state index >= 15 is 0 Å². The first kappa shape index (κ1) is 8.53. The van der Waals surface area contributed by atoms with E-state index in [0.717, 1.165) is 19.3 Å². The Kier molecular flexibility index (Phi) is 2.88. The van der Waals surface area contributed by atoms with Crippen molar-refractivity contribution in [2.24, 2.45) is 5.92 Å². The highest BCUT2D eigenvalue weighted by Crippen LogP contribution is 2.26. The molecule has 0 aromatic carbocycles. The standard InChI is InChI=1S/C8H15NO2/c1-9-7-5-3-4-6(7)8(10)11-2/h6-7,9H,3-5H2,1-2H3/t6-,7+/m0/s1. The van der Waals surface area contributed by atoms with Gasteiger partial charge in [-0.3, -0.25) is 4.79 Å². The van der Waals surface area contributed by atoms with Crippen LogP contribution in [0.3, 0.4) is 0 Å². The maximum Gasteiger partial charge on any atom is 0.310 e. The van der Waals surface area contributed by atoms with Crippen LogP contribution < -0.4 is 5.32 Å². The topological polar surface area (TPSA) is 38.3 Å². The molecule has 1 N–H and O–H groups in total. The minimum atomic E-state index is -0.0677. The lowest BCUT2D eigenvalue weighted by Crippen LogP contribution is -2.34. The summed E-state index contributed by atoms with van der Waals surface area (Å²) < 4.78 is 4.69. The number of ether oxygens (including phenoxy) is 1. The first-order chi connectivity index (χ1) is 5.29. The molecule has 3 heteroatoms. The predicted octanol–water partition coefficient (Wildman–Crippen LogP) is 0.547. The maximum atomic E-state index is 11.1. The van der Waals surface area contributed by atoms with Crippen molar-refractivity contribution in [1.29, 1.82) is 0 Å². The summed E-state index contributed by atoms with van der Waals surface area (Å²) in [6.45, 7) is 0. The zero-order valence-corrected chi connectivity index (χ0v) is 7.09. The molecule has 0 bridgehead atoms. The molecule has 1 saturated carbocycles. The maximum absolute atomic E-state index is 11.1. The monoisotopic (exact) mass is 157 g/mol. The summed E-state index contributed by atoms with van der Waals surface area (Å²) in [5.41, 5.74) is 0. The van der Waals surface area contributed by atoms with Crippen LogP contribution in [-0.4, -0.2) is 26.2 Å². The summed E-state index contributed by atoms with van der Waals surface area (Å²) in [5, 5.41) is 3.13. The summed E-state index contributed by atoms with van der Waals surface area (Å²) in [6.07, 6.45) is 3.19. The SMILES string of the molecule is CN[C@@H]1CCC[C@@H]1C(=O)OC. The Morgan fingerprint density at radius 1 is 1.55 bits per heavy atom. The number of hydrogen-bond acceptors (Lipinski definition) is 3. The van der Waals surface area contributed by atoms with Gasteiger partial charge in [0.1, 0.15) is 0 Å². The molecule has 1 aliphatic carbocycles. The van der Waals surface area contributed by atoms with E-state index in [0.29, 0.717) is 6.04 Å². The van der Waals surface area contributed by atoms with E-state index in [1.807, 2.05) is 7.05 Å². The molecule has 0 spiro atoms. The number of rotatable bonds is 2. The fourth-order valence-corrected chi connectivity index (χ4v) is 1.74. The van der Waals surface area contributed by atoms with E-state index in [-0.39, 0.29) is 11.9 Å². The molecule has 11 heavy (non-hydrogen) atoms. The zero-order valence-electron chi connectivity index (χ0n) is 7.09. The molecule has 1 aliphatic rings. The fourth-order valence-electron chi connectivity index (χ4n) is 1.74. The Morgan fingerprint density at radius 2 is 2.27 bits per heavy atom. The average molecular weight is 157 g/mol. The third kappa shape index (κ3) is 1.71. The van der Waals surface area contributed by atoms with Gasteiger partial charge < -0.3 is 10.1 Å². The van der Waals surface area contributed by atoms with Gasteiger partial charge in [0, 0.05) is 6.04 Å². The highest BCUT2D eigenvalue weighted by molar-refractivity contribution is 5.73. The van der Waals surface area contributed by atoms with Crippen LogP contribution in [-0.2, 0) is 9.53 Å². The Hall–Kier alpha value is -0.570. The number of hydrogen-bond donors (Lipinski definition) is 1. The highest BCUT2D eigenvalue weighted by atomic mass is 16.5. The van der Waals surface area contributed by atoms with Crippen molar-refractivity contribution in [3.63, 3.8) is 0 Å². The molecule has 0 aromatic heterocycles. The first-order valence-electron chi connectivity index (χ1n) is 4.04. The van der Waals surface area contributed by atoms with Crippen molar-refractivity contribution in [3.05, 3.63) is 0 Å². The van der Waals surface area contributed by atoms with Crippen LogP contribution in [0.5, 0.6) is 0 Å². The Morgan fingerprint density at radius 3 is 2.82 bits per heavy atom. The third-order valence-electron chi connectivity index (χ3n) is 2.39. The van der Waals surface area contributed by atoms with Gasteiger partial charge in [-0.05, 0) is 19.9 Å². The van der Waals surface area contributed by atoms with Gasteiger partial charge in [-0.15, -0.1) is 0 Å². The predicted molar refractivity (Wildman–Crippen MR) is 42.2 cm³/mol. The zero-order chi connectivity index (χ0) is 8.27. The molecule has 3 nitrogen and oxygen atoms in total. The van der Waals surface area contributed by atoms with Crippen molar-refractivity contribution in [2.75, 3.05) is 14.2 Å². The summed E-state index contributed by atoms with van der Waals surface area (Å²) in [5.74, 6) is 0.0202. The lowest BCUT2D eigenvalue weighted by atomic mass is 10.0. The van der Waals surface area contributed by atoms with E-state index in [4.69, 9.17) is 0 Å². The van der Waals surface area contributed by atoms with Gasteiger partial charge in [-0.25, -0.2) is 0 Å². The third-order valence-corrected chi connectivity index (χ3v) is 2.39. The van der Waals surface area contributed by atoms with Gasteiger partial charge in [0.25, 0.3) is 0 Å². The number of nitrogens with one attached hydrogen (secondary N) is 1. The van der Waals surface area contributed by atoms with Crippen LogP contribution in [0.1, 0.15) is 19.3 Å². The first-order valence-corrected chi connectivity index (χ1v) is 4.04. The summed E-state index contributed by atoms with van der Waals surface area (Å²) in [7, 11) is 3.35. The fraction of sp³-hybridized carbons (Fsp3) is 0.875. The normalized spacial score (nSPS) is 30.4. The Balaban J connectivity index is 2.49. The van der Waals surface area contributed by atoms with Crippen molar-refractivity contribution in [2.45, 2.75) is 25.3 Å². The molecule has 0 aliphatic heterocycles. The van der Waals surface area contributed by atoms with Crippen molar-refractivity contribution < 1.29 is 9.53 Å². The summed E-state index contributed by atoms with van der Waals surface area (Å²) in [6, 6.07) is 0.336. The quantitative estimate of drug-likeness (QED) is 0.595. The minimum Gasteiger partial charge on any atom is -0.469 e. The lowest BCUT2D eigenvalue weighted by molar-refractivity contribution is -0.145. The molecule has 1 fully saturated rings. The second-order valence-electron chi connectivity index (χ2n) is 2.96. The van der Waals surface area contributed by atoms with Gasteiger partial charge in [0.2, 0.25) is 0 Å². The summed E-state index contributed by atoms with van der Waals surface area (Å²) in [4.78, 5) is 11.1. The number of carbonyl (C=O) groups is 1. The number of methoxy groups -OCH3 is 1. The molecular formula is C8H15NO2. The molecule has 0 radical (unpaired) electrons. The molecule has 0 amide bonds. The lowest BCUT2D eigenvalue weighted by Gasteiger charge is -2.15. The van der Waals surface area contributed by atoms with Gasteiger partial charge in [0.05, 0.1) is 13.0 Å². The highest BCUT2D eigenvalue weighted by Gasteiger charge is 2.32. The smallest absolute Gasteiger partial charge is 0.310 e.